The van der Waals surface area contributed by atoms with Crippen molar-refractivity contribution < 1.29 is 14.3 Å². The van der Waals surface area contributed by atoms with Crippen molar-refractivity contribution in [3.63, 3.8) is 0 Å². The van der Waals surface area contributed by atoms with Gasteiger partial charge in [-0.15, -0.1) is 0 Å². The number of carbonyl (C=O) groups is 2. The van der Waals surface area contributed by atoms with E-state index in [0.717, 1.165) is 11.1 Å². The third-order valence-corrected chi connectivity index (χ3v) is 3.61. The number of methoxy groups -OCH3 is 1. The minimum absolute atomic E-state index is 0.0371. The van der Waals surface area contributed by atoms with Crippen molar-refractivity contribution in [2.24, 2.45) is 0 Å². The first-order chi connectivity index (χ1) is 9.10. The second-order valence-corrected chi connectivity index (χ2v) is 5.06. The van der Waals surface area contributed by atoms with Gasteiger partial charge in [-0.3, -0.25) is 9.59 Å². The van der Waals surface area contributed by atoms with E-state index in [1.165, 1.54) is 7.11 Å². The topological polar surface area (TPSA) is 43.4 Å². The van der Waals surface area contributed by atoms with E-state index < -0.39 is 0 Å². The van der Waals surface area contributed by atoms with Gasteiger partial charge in [0.1, 0.15) is 0 Å². The Labute approximate surface area is 117 Å². The van der Waals surface area contributed by atoms with Gasteiger partial charge in [0.25, 0.3) is 0 Å². The lowest BCUT2D eigenvalue weighted by Crippen LogP contribution is -2.15. The fourth-order valence-corrected chi connectivity index (χ4v) is 2.67. The van der Waals surface area contributed by atoms with Crippen LogP contribution in [0.5, 0.6) is 0 Å². The SMILES string of the molecule is COC(=O)CC1=CC(=O)C[C@H](c2ccccc2Cl)C1. The van der Waals surface area contributed by atoms with Crippen LogP contribution in [0.15, 0.2) is 35.9 Å². The van der Waals surface area contributed by atoms with Crippen molar-refractivity contribution in [1.82, 2.24) is 0 Å². The van der Waals surface area contributed by atoms with Crippen molar-refractivity contribution in [1.29, 1.82) is 0 Å². The molecular formula is C15H15ClO3. The zero-order chi connectivity index (χ0) is 13.8. The number of esters is 1. The number of benzene rings is 1. The van der Waals surface area contributed by atoms with Crippen molar-refractivity contribution >= 4 is 23.4 Å². The van der Waals surface area contributed by atoms with Crippen molar-refractivity contribution in [2.75, 3.05) is 7.11 Å². The highest BCUT2D eigenvalue weighted by atomic mass is 35.5. The highest BCUT2D eigenvalue weighted by Crippen LogP contribution is 2.36. The fraction of sp³-hybridized carbons (Fsp3) is 0.333. The van der Waals surface area contributed by atoms with Gasteiger partial charge in [-0.1, -0.05) is 35.4 Å². The molecule has 4 heteroatoms. The molecule has 1 aliphatic rings. The van der Waals surface area contributed by atoms with E-state index in [1.807, 2.05) is 24.3 Å². The molecule has 0 heterocycles. The normalized spacial score (nSPS) is 18.9. The summed E-state index contributed by atoms with van der Waals surface area (Å²) in [7, 11) is 1.35. The number of hydrogen-bond donors (Lipinski definition) is 0. The average Bonchev–Trinajstić information content (AvgIpc) is 2.38. The van der Waals surface area contributed by atoms with E-state index in [-0.39, 0.29) is 24.1 Å². The van der Waals surface area contributed by atoms with Crippen LogP contribution >= 0.6 is 11.6 Å². The van der Waals surface area contributed by atoms with E-state index in [9.17, 15) is 9.59 Å². The maximum Gasteiger partial charge on any atom is 0.309 e. The van der Waals surface area contributed by atoms with Crippen LogP contribution in [-0.2, 0) is 14.3 Å². The molecule has 3 nitrogen and oxygen atoms in total. The van der Waals surface area contributed by atoms with Crippen molar-refractivity contribution in [2.45, 2.75) is 25.2 Å². The first-order valence-electron chi connectivity index (χ1n) is 6.13. The predicted molar refractivity (Wildman–Crippen MR) is 73.2 cm³/mol. The molecule has 100 valence electrons. The molecule has 0 amide bonds. The van der Waals surface area contributed by atoms with Gasteiger partial charge >= 0.3 is 5.97 Å². The molecule has 2 rings (SSSR count). The van der Waals surface area contributed by atoms with Crippen molar-refractivity contribution in [3.8, 4) is 0 Å². The molecular weight excluding hydrogens is 264 g/mol. The van der Waals surface area contributed by atoms with Crippen LogP contribution in [0.1, 0.15) is 30.7 Å². The zero-order valence-corrected chi connectivity index (χ0v) is 11.4. The van der Waals surface area contributed by atoms with Gasteiger partial charge < -0.3 is 4.74 Å². The molecule has 0 aliphatic heterocycles. The molecule has 0 N–H and O–H groups in total. The quantitative estimate of drug-likeness (QED) is 0.797. The molecule has 0 fully saturated rings. The first-order valence-corrected chi connectivity index (χ1v) is 6.51. The second kappa shape index (κ2) is 6.02. The molecule has 0 radical (unpaired) electrons. The summed E-state index contributed by atoms with van der Waals surface area (Å²) in [6.07, 6.45) is 2.84. The number of ketones is 1. The van der Waals surface area contributed by atoms with Crippen LogP contribution in [-0.4, -0.2) is 18.9 Å². The lowest BCUT2D eigenvalue weighted by atomic mass is 9.82. The monoisotopic (exact) mass is 278 g/mol. The van der Waals surface area contributed by atoms with Crippen LogP contribution in [0, 0.1) is 0 Å². The Morgan fingerprint density at radius 1 is 1.37 bits per heavy atom. The van der Waals surface area contributed by atoms with Crippen LogP contribution in [0.4, 0.5) is 0 Å². The maximum absolute atomic E-state index is 11.8. The van der Waals surface area contributed by atoms with E-state index in [0.29, 0.717) is 17.9 Å². The number of rotatable bonds is 3. The van der Waals surface area contributed by atoms with Gasteiger partial charge in [-0.25, -0.2) is 0 Å². The third-order valence-electron chi connectivity index (χ3n) is 3.27. The molecule has 0 unspecified atom stereocenters. The molecule has 0 bridgehead atoms. The summed E-state index contributed by atoms with van der Waals surface area (Å²) in [5.74, 6) is -0.236. The van der Waals surface area contributed by atoms with Gasteiger partial charge in [-0.05, 0) is 30.0 Å². The van der Waals surface area contributed by atoms with E-state index in [2.05, 4.69) is 4.74 Å². The van der Waals surface area contributed by atoms with Gasteiger partial charge in [0.2, 0.25) is 0 Å². The maximum atomic E-state index is 11.8. The van der Waals surface area contributed by atoms with Crippen LogP contribution in [0.2, 0.25) is 5.02 Å². The summed E-state index contributed by atoms with van der Waals surface area (Å²) >= 11 is 6.16. The molecule has 1 aliphatic carbocycles. The summed E-state index contributed by atoms with van der Waals surface area (Å²) in [6.45, 7) is 0. The molecule has 19 heavy (non-hydrogen) atoms. The first kappa shape index (κ1) is 13.8. The largest absolute Gasteiger partial charge is 0.469 e. The Hall–Kier alpha value is -1.61. The van der Waals surface area contributed by atoms with Gasteiger partial charge in [0.15, 0.2) is 5.78 Å². The van der Waals surface area contributed by atoms with Gasteiger partial charge in [0, 0.05) is 11.4 Å². The Balaban J connectivity index is 2.18. The molecule has 0 saturated heterocycles. The number of halogens is 1. The number of allylic oxidation sites excluding steroid dienone is 1. The lowest BCUT2D eigenvalue weighted by Gasteiger charge is -2.22. The average molecular weight is 279 g/mol. The van der Waals surface area contributed by atoms with E-state index in [1.54, 1.807) is 6.08 Å². The highest BCUT2D eigenvalue weighted by Gasteiger charge is 2.24. The van der Waals surface area contributed by atoms with Gasteiger partial charge in [0.05, 0.1) is 13.5 Å². The minimum atomic E-state index is -0.321. The molecule has 1 aromatic rings. The molecule has 0 saturated carbocycles. The number of carbonyl (C=O) groups excluding carboxylic acids is 2. The van der Waals surface area contributed by atoms with E-state index >= 15 is 0 Å². The number of ether oxygens (including phenoxy) is 1. The highest BCUT2D eigenvalue weighted by molar-refractivity contribution is 6.31. The lowest BCUT2D eigenvalue weighted by molar-refractivity contribution is -0.139. The summed E-state index contributed by atoms with van der Waals surface area (Å²) in [4.78, 5) is 23.1. The Bertz CT molecular complexity index is 534. The van der Waals surface area contributed by atoms with E-state index in [4.69, 9.17) is 11.6 Å². The predicted octanol–water partition coefficient (Wildman–Crippen LogP) is 3.28. The Morgan fingerprint density at radius 2 is 2.11 bits per heavy atom. The molecule has 1 aromatic carbocycles. The summed E-state index contributed by atoms with van der Waals surface area (Å²) in [5.41, 5.74) is 1.78. The second-order valence-electron chi connectivity index (χ2n) is 4.65. The Kier molecular flexibility index (Phi) is 4.38. The smallest absolute Gasteiger partial charge is 0.309 e. The summed E-state index contributed by atoms with van der Waals surface area (Å²) in [6, 6.07) is 7.52. The summed E-state index contributed by atoms with van der Waals surface area (Å²) in [5, 5.41) is 0.666. The van der Waals surface area contributed by atoms with Crippen LogP contribution < -0.4 is 0 Å². The standard InChI is InChI=1S/C15H15ClO3/c1-19-15(18)8-10-6-11(9-12(17)7-10)13-4-2-3-5-14(13)16/h2-5,7,11H,6,8-9H2,1H3/t11-/m1/s1. The molecule has 0 spiro atoms. The van der Waals surface area contributed by atoms with Gasteiger partial charge in [-0.2, -0.15) is 0 Å². The van der Waals surface area contributed by atoms with Crippen LogP contribution in [0.3, 0.4) is 0 Å². The number of hydrogen-bond acceptors (Lipinski definition) is 3. The Morgan fingerprint density at radius 3 is 2.79 bits per heavy atom. The fourth-order valence-electron chi connectivity index (χ4n) is 2.38. The zero-order valence-electron chi connectivity index (χ0n) is 10.7. The third kappa shape index (κ3) is 3.44. The molecule has 1 atom stereocenters. The van der Waals surface area contributed by atoms with Crippen molar-refractivity contribution in [3.05, 3.63) is 46.5 Å². The summed E-state index contributed by atoms with van der Waals surface area (Å²) < 4.78 is 4.64. The molecule has 0 aromatic heterocycles. The van der Waals surface area contributed by atoms with Crippen LogP contribution in [0.25, 0.3) is 0 Å². The minimum Gasteiger partial charge on any atom is -0.469 e.